The number of hydrogen-bond donors (Lipinski definition) is 2. The first kappa shape index (κ1) is 21.1. The number of imidazole rings is 1. The predicted octanol–water partition coefficient (Wildman–Crippen LogP) is 3.61. The van der Waals surface area contributed by atoms with Crippen LogP contribution in [0.25, 0.3) is 11.0 Å². The second-order valence-corrected chi connectivity index (χ2v) is 8.70. The summed E-state index contributed by atoms with van der Waals surface area (Å²) in [4.78, 5) is 35.6. The molecule has 0 saturated carbocycles. The van der Waals surface area contributed by atoms with Crippen LogP contribution in [0, 0.1) is 5.92 Å². The molecule has 4 rings (SSSR count). The molecule has 3 aromatic rings. The van der Waals surface area contributed by atoms with E-state index in [1.165, 1.54) is 0 Å². The van der Waals surface area contributed by atoms with Gasteiger partial charge in [0.2, 0.25) is 11.8 Å². The van der Waals surface area contributed by atoms with Crippen molar-refractivity contribution in [2.24, 2.45) is 5.92 Å². The smallest absolute Gasteiger partial charge is 0.243 e. The van der Waals surface area contributed by atoms with E-state index in [1.807, 2.05) is 56.3 Å². The van der Waals surface area contributed by atoms with Crippen LogP contribution in [0.3, 0.4) is 0 Å². The summed E-state index contributed by atoms with van der Waals surface area (Å²) in [5.74, 6) is 1.16. The Hall–Kier alpha value is -3.15. The van der Waals surface area contributed by atoms with Crippen molar-refractivity contribution in [2.75, 3.05) is 6.54 Å². The number of amides is 2. The van der Waals surface area contributed by atoms with Gasteiger partial charge in [-0.05, 0) is 35.6 Å². The number of aromatic nitrogens is 2. The molecule has 6 heteroatoms. The average Bonchev–Trinajstić information content (AvgIpc) is 3.18. The summed E-state index contributed by atoms with van der Waals surface area (Å²) in [7, 11) is 0. The molecule has 1 aliphatic rings. The highest BCUT2D eigenvalue weighted by molar-refractivity contribution is 5.88. The molecule has 0 radical (unpaired) electrons. The second kappa shape index (κ2) is 9.33. The van der Waals surface area contributed by atoms with Gasteiger partial charge in [0.15, 0.2) is 0 Å². The Balaban J connectivity index is 1.37. The molecule has 0 fully saturated rings. The molecule has 1 aromatic heterocycles. The number of carbonyl (C=O) groups excluding carboxylic acids is 2. The van der Waals surface area contributed by atoms with E-state index >= 15 is 0 Å². The minimum absolute atomic E-state index is 0.0481. The minimum atomic E-state index is -0.452. The van der Waals surface area contributed by atoms with Gasteiger partial charge in [-0.25, -0.2) is 4.98 Å². The van der Waals surface area contributed by atoms with Crippen LogP contribution >= 0.6 is 0 Å². The van der Waals surface area contributed by atoms with Gasteiger partial charge in [-0.1, -0.05) is 50.2 Å². The third-order valence-corrected chi connectivity index (χ3v) is 5.78. The number of rotatable bonds is 7. The number of aryl methyl sites for hydroxylation is 1. The monoisotopic (exact) mass is 418 g/mol. The Morgan fingerprint density at radius 1 is 1.13 bits per heavy atom. The molecule has 2 heterocycles. The molecule has 0 saturated heterocycles. The van der Waals surface area contributed by atoms with Gasteiger partial charge in [0.05, 0.1) is 11.0 Å². The number of hydrogen-bond acceptors (Lipinski definition) is 3. The molecule has 2 aromatic carbocycles. The van der Waals surface area contributed by atoms with Gasteiger partial charge in [0.25, 0.3) is 0 Å². The fraction of sp³-hybridized carbons (Fsp3) is 0.400. The van der Waals surface area contributed by atoms with Crippen molar-refractivity contribution in [3.05, 3.63) is 65.5 Å². The lowest BCUT2D eigenvalue weighted by molar-refractivity contribution is -0.142. The highest BCUT2D eigenvalue weighted by Crippen LogP contribution is 2.25. The normalized spacial score (nSPS) is 15.8. The summed E-state index contributed by atoms with van der Waals surface area (Å²) >= 11 is 0. The zero-order valence-electron chi connectivity index (χ0n) is 18.2. The third kappa shape index (κ3) is 4.95. The van der Waals surface area contributed by atoms with Gasteiger partial charge in [-0.15, -0.1) is 0 Å². The number of para-hydroxylation sites is 2. The molecule has 0 aliphatic carbocycles. The Bertz CT molecular complexity index is 1040. The largest absolute Gasteiger partial charge is 0.354 e. The lowest BCUT2D eigenvalue weighted by atomic mass is 9.92. The first-order chi connectivity index (χ1) is 15.0. The molecule has 1 unspecified atom stereocenters. The van der Waals surface area contributed by atoms with Gasteiger partial charge in [0.1, 0.15) is 11.9 Å². The van der Waals surface area contributed by atoms with Gasteiger partial charge in [-0.2, -0.15) is 0 Å². The Morgan fingerprint density at radius 2 is 1.87 bits per heavy atom. The number of nitrogens with one attached hydrogen (secondary N) is 2. The maximum atomic E-state index is 13.0. The first-order valence-electron chi connectivity index (χ1n) is 11.1. The summed E-state index contributed by atoms with van der Waals surface area (Å²) in [6, 6.07) is 15.6. The molecule has 2 amide bonds. The van der Waals surface area contributed by atoms with Crippen molar-refractivity contribution in [3.8, 4) is 0 Å². The molecule has 6 nitrogen and oxygen atoms in total. The van der Waals surface area contributed by atoms with Crippen LogP contribution in [-0.4, -0.2) is 39.3 Å². The summed E-state index contributed by atoms with van der Waals surface area (Å²) in [5.41, 5.74) is 4.27. The third-order valence-electron chi connectivity index (χ3n) is 5.78. The highest BCUT2D eigenvalue weighted by atomic mass is 16.2. The van der Waals surface area contributed by atoms with E-state index in [-0.39, 0.29) is 17.7 Å². The summed E-state index contributed by atoms with van der Waals surface area (Å²) in [5, 5.41) is 3.05. The van der Waals surface area contributed by atoms with Crippen LogP contribution < -0.4 is 5.32 Å². The van der Waals surface area contributed by atoms with Crippen molar-refractivity contribution in [1.29, 1.82) is 0 Å². The van der Waals surface area contributed by atoms with Crippen LogP contribution in [0.1, 0.15) is 43.6 Å². The molecule has 2 N–H and O–H groups in total. The van der Waals surface area contributed by atoms with Crippen LogP contribution in [0.15, 0.2) is 48.5 Å². The molecular weight excluding hydrogens is 388 g/mol. The molecule has 1 aliphatic heterocycles. The number of H-pyrrole nitrogens is 1. The van der Waals surface area contributed by atoms with Crippen molar-refractivity contribution in [3.63, 3.8) is 0 Å². The van der Waals surface area contributed by atoms with Crippen molar-refractivity contribution in [2.45, 2.75) is 52.1 Å². The molecule has 162 valence electrons. The number of nitrogens with zero attached hydrogens (tertiary/aromatic N) is 2. The van der Waals surface area contributed by atoms with E-state index in [0.29, 0.717) is 25.9 Å². The zero-order valence-corrected chi connectivity index (χ0v) is 18.2. The first-order valence-corrected chi connectivity index (χ1v) is 11.1. The minimum Gasteiger partial charge on any atom is -0.354 e. The fourth-order valence-electron chi connectivity index (χ4n) is 4.20. The number of carbonyl (C=O) groups is 2. The maximum Gasteiger partial charge on any atom is 0.243 e. The topological polar surface area (TPSA) is 78.1 Å². The Kier molecular flexibility index (Phi) is 6.35. The molecular formula is C25H30N4O2. The van der Waals surface area contributed by atoms with E-state index in [2.05, 4.69) is 21.4 Å². The van der Waals surface area contributed by atoms with E-state index in [0.717, 1.165) is 40.8 Å². The maximum absolute atomic E-state index is 13.0. The predicted molar refractivity (Wildman–Crippen MR) is 121 cm³/mol. The number of benzene rings is 2. The highest BCUT2D eigenvalue weighted by Gasteiger charge is 2.34. The van der Waals surface area contributed by atoms with E-state index in [4.69, 9.17) is 0 Å². The van der Waals surface area contributed by atoms with Gasteiger partial charge in [-0.3, -0.25) is 9.59 Å². The van der Waals surface area contributed by atoms with Gasteiger partial charge in [0, 0.05) is 32.4 Å². The van der Waals surface area contributed by atoms with Crippen molar-refractivity contribution in [1.82, 2.24) is 20.2 Å². The van der Waals surface area contributed by atoms with Crippen LogP contribution in [-0.2, 0) is 29.0 Å². The number of fused-ring (bicyclic) bond motifs is 2. The lowest BCUT2D eigenvalue weighted by Crippen LogP contribution is -2.52. The van der Waals surface area contributed by atoms with Gasteiger partial charge >= 0.3 is 0 Å². The SMILES string of the molecule is CC(C)CC(=O)N1Cc2ccccc2CC1C(=O)NCCCc1nc2ccccc2[nH]1. The van der Waals surface area contributed by atoms with Crippen LogP contribution in [0.4, 0.5) is 0 Å². The molecule has 31 heavy (non-hydrogen) atoms. The fourth-order valence-corrected chi connectivity index (χ4v) is 4.20. The second-order valence-electron chi connectivity index (χ2n) is 8.70. The summed E-state index contributed by atoms with van der Waals surface area (Å²) in [6.45, 7) is 5.12. The molecule has 0 spiro atoms. The van der Waals surface area contributed by atoms with E-state index < -0.39 is 6.04 Å². The number of aromatic amines is 1. The molecule has 0 bridgehead atoms. The average molecular weight is 419 g/mol. The van der Waals surface area contributed by atoms with Crippen LogP contribution in [0.5, 0.6) is 0 Å². The van der Waals surface area contributed by atoms with E-state index in [9.17, 15) is 9.59 Å². The summed E-state index contributed by atoms with van der Waals surface area (Å²) < 4.78 is 0. The van der Waals surface area contributed by atoms with E-state index in [1.54, 1.807) is 4.90 Å². The summed E-state index contributed by atoms with van der Waals surface area (Å²) in [6.07, 6.45) is 2.57. The Morgan fingerprint density at radius 3 is 2.65 bits per heavy atom. The van der Waals surface area contributed by atoms with Crippen molar-refractivity contribution < 1.29 is 9.59 Å². The quantitative estimate of drug-likeness (QED) is 0.576. The molecule has 1 atom stereocenters. The van der Waals surface area contributed by atoms with Crippen molar-refractivity contribution >= 4 is 22.8 Å². The Labute approximate surface area is 183 Å². The zero-order chi connectivity index (χ0) is 21.8. The van der Waals surface area contributed by atoms with Crippen LogP contribution in [0.2, 0.25) is 0 Å². The van der Waals surface area contributed by atoms with Gasteiger partial charge < -0.3 is 15.2 Å². The lowest BCUT2D eigenvalue weighted by Gasteiger charge is -2.36. The standard InChI is InChI=1S/C25H30N4O2/c1-17(2)14-24(30)29-16-19-9-4-3-8-18(19)15-22(29)25(31)26-13-7-12-23-27-20-10-5-6-11-21(20)28-23/h3-6,8-11,17,22H,7,12-16H2,1-2H3,(H,26,31)(H,27,28).